The molecule has 0 aliphatic carbocycles. The lowest BCUT2D eigenvalue weighted by Gasteiger charge is -2.07. The van der Waals surface area contributed by atoms with Gasteiger partial charge in [0, 0.05) is 5.56 Å². The van der Waals surface area contributed by atoms with Crippen LogP contribution in [0.5, 0.6) is 5.75 Å². The Labute approximate surface area is 169 Å². The van der Waals surface area contributed by atoms with E-state index in [2.05, 4.69) is 17.0 Å². The standard InChI is InChI=1S/C21H25NO7/c1-4-5-10-27-16-8-6-15(7-9-16)20(24)22-12-19(23)28-13-17-11-18(14(2)29-17)21(25)26-3/h6-9,11H,4-5,10,12-13H2,1-3H3,(H,22,24). The van der Waals surface area contributed by atoms with E-state index in [4.69, 9.17) is 13.9 Å². The Kier molecular flexibility index (Phi) is 8.27. The summed E-state index contributed by atoms with van der Waals surface area (Å²) in [4.78, 5) is 35.5. The number of carbonyl (C=O) groups excluding carboxylic acids is 3. The van der Waals surface area contributed by atoms with Gasteiger partial charge >= 0.3 is 11.9 Å². The van der Waals surface area contributed by atoms with Gasteiger partial charge in [-0.1, -0.05) is 13.3 Å². The first-order chi connectivity index (χ1) is 13.9. The SMILES string of the molecule is CCCCOc1ccc(C(=O)NCC(=O)OCc2cc(C(=O)OC)c(C)o2)cc1. The number of amides is 1. The Morgan fingerprint density at radius 1 is 1.14 bits per heavy atom. The molecule has 8 nitrogen and oxygen atoms in total. The lowest BCUT2D eigenvalue weighted by molar-refractivity contribution is -0.144. The summed E-state index contributed by atoms with van der Waals surface area (Å²) in [6.45, 7) is 3.87. The van der Waals surface area contributed by atoms with Crippen LogP contribution in [0.3, 0.4) is 0 Å². The van der Waals surface area contributed by atoms with Crippen LogP contribution in [0.15, 0.2) is 34.7 Å². The number of esters is 2. The molecule has 1 amide bonds. The number of hydrogen-bond donors (Lipinski definition) is 1. The van der Waals surface area contributed by atoms with Crippen LogP contribution in [0.2, 0.25) is 0 Å². The average molecular weight is 403 g/mol. The fraction of sp³-hybridized carbons (Fsp3) is 0.381. The van der Waals surface area contributed by atoms with E-state index in [0.29, 0.717) is 29.4 Å². The van der Waals surface area contributed by atoms with E-state index in [-0.39, 0.29) is 18.7 Å². The highest BCUT2D eigenvalue weighted by molar-refractivity contribution is 5.96. The molecule has 156 valence electrons. The Morgan fingerprint density at radius 2 is 1.86 bits per heavy atom. The van der Waals surface area contributed by atoms with Crippen LogP contribution in [0.4, 0.5) is 0 Å². The predicted molar refractivity (Wildman–Crippen MR) is 104 cm³/mol. The smallest absolute Gasteiger partial charge is 0.341 e. The average Bonchev–Trinajstić information content (AvgIpc) is 3.11. The summed E-state index contributed by atoms with van der Waals surface area (Å²) < 4.78 is 20.6. The van der Waals surface area contributed by atoms with Crippen molar-refractivity contribution in [3.05, 3.63) is 53.0 Å². The normalized spacial score (nSPS) is 10.3. The first-order valence-electron chi connectivity index (χ1n) is 9.29. The Morgan fingerprint density at radius 3 is 2.52 bits per heavy atom. The lowest BCUT2D eigenvalue weighted by atomic mass is 10.2. The number of aryl methyl sites for hydroxylation is 1. The Bertz CT molecular complexity index is 839. The number of hydrogen-bond acceptors (Lipinski definition) is 7. The van der Waals surface area contributed by atoms with Gasteiger partial charge in [0.1, 0.15) is 36.0 Å². The summed E-state index contributed by atoms with van der Waals surface area (Å²) in [5, 5.41) is 2.49. The molecule has 2 rings (SSSR count). The van der Waals surface area contributed by atoms with Crippen LogP contribution >= 0.6 is 0 Å². The molecule has 0 unspecified atom stereocenters. The molecule has 1 N–H and O–H groups in total. The highest BCUT2D eigenvalue weighted by Crippen LogP contribution is 2.16. The quantitative estimate of drug-likeness (QED) is 0.480. The van der Waals surface area contributed by atoms with E-state index in [0.717, 1.165) is 12.8 Å². The highest BCUT2D eigenvalue weighted by Gasteiger charge is 2.16. The van der Waals surface area contributed by atoms with Crippen LogP contribution in [0.1, 0.15) is 52.0 Å². The van der Waals surface area contributed by atoms with E-state index < -0.39 is 17.8 Å². The summed E-state index contributed by atoms with van der Waals surface area (Å²) in [5.41, 5.74) is 0.680. The van der Waals surface area contributed by atoms with Crippen molar-refractivity contribution in [1.82, 2.24) is 5.32 Å². The van der Waals surface area contributed by atoms with Gasteiger partial charge in [0.15, 0.2) is 0 Å². The van der Waals surface area contributed by atoms with E-state index in [1.54, 1.807) is 31.2 Å². The molecule has 29 heavy (non-hydrogen) atoms. The number of methoxy groups -OCH3 is 1. The third-order valence-corrected chi connectivity index (χ3v) is 4.03. The van der Waals surface area contributed by atoms with Gasteiger partial charge in [-0.2, -0.15) is 0 Å². The van der Waals surface area contributed by atoms with Crippen LogP contribution in [-0.2, 0) is 20.9 Å². The molecule has 0 saturated carbocycles. The summed E-state index contributed by atoms with van der Waals surface area (Å²) in [5.74, 6) is -0.192. The molecule has 0 fully saturated rings. The molecule has 1 heterocycles. The van der Waals surface area contributed by atoms with Crippen molar-refractivity contribution in [2.45, 2.75) is 33.3 Å². The summed E-state index contributed by atoms with van der Waals surface area (Å²) >= 11 is 0. The Hall–Kier alpha value is -3.29. The molecule has 0 saturated heterocycles. The second kappa shape index (κ2) is 10.9. The van der Waals surface area contributed by atoms with Crippen molar-refractivity contribution in [2.24, 2.45) is 0 Å². The number of ether oxygens (including phenoxy) is 3. The lowest BCUT2D eigenvalue weighted by Crippen LogP contribution is -2.30. The molecule has 0 atom stereocenters. The minimum Gasteiger partial charge on any atom is -0.494 e. The van der Waals surface area contributed by atoms with E-state index in [9.17, 15) is 14.4 Å². The monoisotopic (exact) mass is 403 g/mol. The number of nitrogens with one attached hydrogen (secondary N) is 1. The highest BCUT2D eigenvalue weighted by atomic mass is 16.5. The second-order valence-electron chi connectivity index (χ2n) is 6.24. The van der Waals surface area contributed by atoms with E-state index in [1.165, 1.54) is 13.2 Å². The molecular weight excluding hydrogens is 378 g/mol. The van der Waals surface area contributed by atoms with Crippen molar-refractivity contribution < 1.29 is 33.0 Å². The first-order valence-corrected chi connectivity index (χ1v) is 9.29. The van der Waals surface area contributed by atoms with Crippen molar-refractivity contribution in [1.29, 1.82) is 0 Å². The van der Waals surface area contributed by atoms with Gasteiger partial charge in [-0.25, -0.2) is 4.79 Å². The summed E-state index contributed by atoms with van der Waals surface area (Å²) in [7, 11) is 1.27. The minimum absolute atomic E-state index is 0.156. The number of carbonyl (C=O) groups is 3. The third kappa shape index (κ3) is 6.67. The fourth-order valence-electron chi connectivity index (χ4n) is 2.42. The van der Waals surface area contributed by atoms with Crippen LogP contribution in [-0.4, -0.2) is 38.1 Å². The molecule has 0 bridgehead atoms. The van der Waals surface area contributed by atoms with Crippen LogP contribution in [0.25, 0.3) is 0 Å². The molecule has 1 aromatic heterocycles. The van der Waals surface area contributed by atoms with Crippen molar-refractivity contribution in [3.63, 3.8) is 0 Å². The number of benzene rings is 1. The maximum atomic E-state index is 12.1. The summed E-state index contributed by atoms with van der Waals surface area (Å²) in [6, 6.07) is 8.13. The second-order valence-corrected chi connectivity index (χ2v) is 6.24. The van der Waals surface area contributed by atoms with Gasteiger partial charge in [0.25, 0.3) is 5.91 Å². The zero-order valence-corrected chi connectivity index (χ0v) is 16.8. The topological polar surface area (TPSA) is 104 Å². The molecule has 8 heteroatoms. The first kappa shape index (κ1) is 22.0. The zero-order chi connectivity index (χ0) is 21.2. The zero-order valence-electron chi connectivity index (χ0n) is 16.8. The largest absolute Gasteiger partial charge is 0.494 e. The van der Waals surface area contributed by atoms with Crippen LogP contribution < -0.4 is 10.1 Å². The molecule has 1 aromatic carbocycles. The molecule has 0 aliphatic rings. The van der Waals surface area contributed by atoms with Crippen molar-refractivity contribution in [3.8, 4) is 5.75 Å². The molecule has 0 spiro atoms. The van der Waals surface area contributed by atoms with E-state index >= 15 is 0 Å². The van der Waals surface area contributed by atoms with Gasteiger partial charge in [0.2, 0.25) is 0 Å². The maximum absolute atomic E-state index is 12.1. The minimum atomic E-state index is -0.633. The van der Waals surface area contributed by atoms with Gasteiger partial charge < -0.3 is 23.9 Å². The third-order valence-electron chi connectivity index (χ3n) is 4.03. The number of unbranched alkanes of at least 4 members (excludes halogenated alkanes) is 1. The van der Waals surface area contributed by atoms with Gasteiger partial charge in [-0.3, -0.25) is 9.59 Å². The fourth-order valence-corrected chi connectivity index (χ4v) is 2.42. The van der Waals surface area contributed by atoms with Crippen molar-refractivity contribution in [2.75, 3.05) is 20.3 Å². The van der Waals surface area contributed by atoms with E-state index in [1.807, 2.05) is 0 Å². The molecular formula is C21H25NO7. The van der Waals surface area contributed by atoms with Crippen molar-refractivity contribution >= 4 is 17.8 Å². The van der Waals surface area contributed by atoms with Gasteiger partial charge in [-0.15, -0.1) is 0 Å². The maximum Gasteiger partial charge on any atom is 0.341 e. The number of rotatable bonds is 10. The predicted octanol–water partition coefficient (Wildman–Crippen LogP) is 3.03. The summed E-state index contributed by atoms with van der Waals surface area (Å²) in [6.07, 6.45) is 2.01. The van der Waals surface area contributed by atoms with Gasteiger partial charge in [-0.05, 0) is 43.7 Å². The van der Waals surface area contributed by atoms with Crippen LogP contribution in [0, 0.1) is 6.92 Å². The van der Waals surface area contributed by atoms with Gasteiger partial charge in [0.05, 0.1) is 13.7 Å². The Balaban J connectivity index is 1.77. The number of furan rings is 1. The molecule has 0 aliphatic heterocycles. The molecule has 2 aromatic rings. The molecule has 0 radical (unpaired) electrons.